The zero-order valence-electron chi connectivity index (χ0n) is 35.3. The predicted molar refractivity (Wildman–Crippen MR) is 232 cm³/mol. The molecule has 3 atom stereocenters. The smallest absolute Gasteiger partial charge is 0.386 e. The van der Waals surface area contributed by atoms with Crippen molar-refractivity contribution in [3.05, 3.63) is 34.4 Å². The van der Waals surface area contributed by atoms with Crippen LogP contribution in [0.3, 0.4) is 0 Å². The maximum atomic E-state index is 12.9. The van der Waals surface area contributed by atoms with Crippen molar-refractivity contribution in [1.82, 2.24) is 15.6 Å². The number of hydrogen-bond donors (Lipinski definition) is 4. The van der Waals surface area contributed by atoms with Crippen LogP contribution < -0.4 is 10.6 Å². The second-order valence-corrected chi connectivity index (χ2v) is 20.2. The van der Waals surface area contributed by atoms with Crippen LogP contribution in [0.15, 0.2) is 28.9 Å². The summed E-state index contributed by atoms with van der Waals surface area (Å²) < 4.78 is 23.4. The normalized spacial score (nSPS) is 14.2. The molecule has 0 fully saturated rings. The third-order valence-electron chi connectivity index (χ3n) is 9.99. The van der Waals surface area contributed by atoms with Crippen LogP contribution in [0, 0.1) is 10.1 Å². The van der Waals surface area contributed by atoms with Gasteiger partial charge in [-0.3, -0.25) is 19.4 Å². The summed E-state index contributed by atoms with van der Waals surface area (Å²) in [4.78, 5) is 34.0. The summed E-state index contributed by atoms with van der Waals surface area (Å²) in [5, 5.41) is 35.9. The van der Waals surface area contributed by atoms with Crippen LogP contribution in [0.25, 0.3) is 11.0 Å². The van der Waals surface area contributed by atoms with Crippen LogP contribution in [0.4, 0.5) is 11.4 Å². The van der Waals surface area contributed by atoms with Crippen molar-refractivity contribution in [2.75, 3.05) is 51.9 Å². The van der Waals surface area contributed by atoms with Gasteiger partial charge in [0.15, 0.2) is 5.52 Å². The van der Waals surface area contributed by atoms with E-state index >= 15 is 0 Å². The molecule has 0 aliphatic rings. The van der Waals surface area contributed by atoms with Crippen molar-refractivity contribution in [2.24, 2.45) is 0 Å². The van der Waals surface area contributed by atoms with Gasteiger partial charge < -0.3 is 25.1 Å². The molecule has 2 rings (SSSR count). The fourth-order valence-corrected chi connectivity index (χ4v) is 8.97. The van der Waals surface area contributed by atoms with Crippen LogP contribution >= 0.6 is 18.2 Å². The van der Waals surface area contributed by atoms with Gasteiger partial charge in [0.25, 0.3) is 0 Å². The minimum Gasteiger partial charge on any atom is -0.387 e. The molecule has 1 amide bonds. The van der Waals surface area contributed by atoms with Crippen LogP contribution in [-0.2, 0) is 13.9 Å². The number of nitro groups is 1. The minimum absolute atomic E-state index is 0.0547. The highest BCUT2D eigenvalue weighted by atomic mass is 32.7. The molecule has 0 saturated carbocycles. The van der Waals surface area contributed by atoms with Gasteiger partial charge in [0.2, 0.25) is 11.4 Å². The van der Waals surface area contributed by atoms with E-state index in [2.05, 4.69) is 27.9 Å². The van der Waals surface area contributed by atoms with E-state index in [1.807, 2.05) is 27.2 Å². The Morgan fingerprint density at radius 2 is 1.47 bits per heavy atom. The van der Waals surface area contributed by atoms with Gasteiger partial charge in [-0.15, -0.1) is 0 Å². The number of unbranched alkanes of at least 4 members (excludes halogenated alkanes) is 19. The maximum absolute atomic E-state index is 12.9. The number of anilines is 1. The number of fused-ring (bicyclic) bond motifs is 1. The summed E-state index contributed by atoms with van der Waals surface area (Å²) in [5.41, 5.74) is 1.04. The molecule has 1 aromatic carbocycles. The average molecular weight is 842 g/mol. The number of likely N-dealkylation sites (N-methyl/N-ethyl adjacent to an activating group) is 1. The first kappa shape index (κ1) is 50.6. The van der Waals surface area contributed by atoms with Gasteiger partial charge in [-0.05, 0) is 53.4 Å². The van der Waals surface area contributed by atoms with E-state index in [0.717, 1.165) is 82.0 Å². The summed E-state index contributed by atoms with van der Waals surface area (Å²) in [7, 11) is 5.94. The number of hydrogen-bond acceptors (Lipinski definition) is 11. The highest BCUT2D eigenvalue weighted by Crippen LogP contribution is 2.55. The minimum atomic E-state index is -3.96. The summed E-state index contributed by atoms with van der Waals surface area (Å²) in [6.45, 7) is -0.288. The number of amides is 1. The Balaban J connectivity index is 1.66. The third-order valence-corrected chi connectivity index (χ3v) is 13.1. The topological polar surface area (TPSA) is 190 Å². The fraction of sp³-hybridized carbons (Fsp3) is 0.780. The maximum Gasteiger partial charge on any atom is 0.386 e. The van der Waals surface area contributed by atoms with Crippen molar-refractivity contribution in [3.63, 3.8) is 0 Å². The van der Waals surface area contributed by atoms with Crippen molar-refractivity contribution in [3.8, 4) is 0 Å². The molecule has 1 unspecified atom stereocenters. The van der Waals surface area contributed by atoms with Crippen LogP contribution in [-0.4, -0.2) is 94.4 Å². The molecule has 0 aliphatic carbocycles. The number of carbonyl (C=O) groups is 1. The molecule has 2 aromatic rings. The van der Waals surface area contributed by atoms with E-state index in [1.54, 1.807) is 12.1 Å². The number of nitro benzene ring substituents is 1. The number of aliphatic hydroxyl groups excluding tert-OH is 1. The first-order chi connectivity index (χ1) is 27.3. The van der Waals surface area contributed by atoms with Gasteiger partial charge in [-0.25, -0.2) is 9.19 Å². The quantitative estimate of drug-likeness (QED) is 0.0127. The molecule has 0 bridgehead atoms. The molecular formula is C41H74N6O8PS+. The molecule has 14 nitrogen and oxygen atoms in total. The van der Waals surface area contributed by atoms with Crippen molar-refractivity contribution in [1.29, 1.82) is 0 Å². The summed E-state index contributed by atoms with van der Waals surface area (Å²) in [6, 6.07) is 2.33. The summed E-state index contributed by atoms with van der Waals surface area (Å²) in [6.07, 6.45) is 27.1. The number of carbonyl (C=O) groups excluding carboxylic acids is 1. The van der Waals surface area contributed by atoms with Gasteiger partial charge >= 0.3 is 12.5 Å². The fourth-order valence-electron chi connectivity index (χ4n) is 6.46. The lowest BCUT2D eigenvalue weighted by atomic mass is 10.0. The SMILES string of the molecule is CCCCCCCCCCCCCCCC(=O)N[C@@H](CSP(=O)(O)OCC[N+](C)(C)C)[C@H](O)/C=C/CCCCCCCCCNc1ccc([N+](=O)[O-])c2nonc12. The van der Waals surface area contributed by atoms with E-state index in [-0.39, 0.29) is 29.5 Å². The molecular weight excluding hydrogens is 768 g/mol. The number of aromatic nitrogens is 2. The molecule has 0 saturated heterocycles. The lowest BCUT2D eigenvalue weighted by molar-refractivity contribution is -0.870. The Morgan fingerprint density at radius 1 is 0.912 bits per heavy atom. The molecule has 4 N–H and O–H groups in total. The summed E-state index contributed by atoms with van der Waals surface area (Å²) >= 11 is 0.754. The molecule has 0 spiro atoms. The second kappa shape index (κ2) is 29.6. The van der Waals surface area contributed by atoms with Crippen LogP contribution in [0.5, 0.6) is 0 Å². The molecule has 16 heteroatoms. The Morgan fingerprint density at radius 3 is 2.07 bits per heavy atom. The summed E-state index contributed by atoms with van der Waals surface area (Å²) in [5.74, 6) is -0.0966. The zero-order chi connectivity index (χ0) is 41.8. The number of rotatable bonds is 36. The van der Waals surface area contributed by atoms with Gasteiger partial charge in [-0.1, -0.05) is 128 Å². The van der Waals surface area contributed by atoms with Crippen molar-refractivity contribution in [2.45, 2.75) is 160 Å². The van der Waals surface area contributed by atoms with Gasteiger partial charge in [0.1, 0.15) is 13.2 Å². The molecule has 1 heterocycles. The molecule has 0 radical (unpaired) electrons. The first-order valence-electron chi connectivity index (χ1n) is 21.5. The van der Waals surface area contributed by atoms with Crippen LogP contribution in [0.1, 0.15) is 148 Å². The van der Waals surface area contributed by atoms with Gasteiger partial charge in [0.05, 0.1) is 43.9 Å². The monoisotopic (exact) mass is 842 g/mol. The number of allylic oxidation sites excluding steroid dienone is 1. The molecule has 57 heavy (non-hydrogen) atoms. The van der Waals surface area contributed by atoms with E-state index < -0.39 is 23.9 Å². The standard InChI is InChI=1S/C41H73N6O8PS/c1-5-6-7-8-9-10-11-12-13-16-19-22-25-28-39(49)43-36(34-57-56(52,53)54-33-32-47(2,3)4)38(48)27-24-21-18-15-14-17-20-23-26-31-42-35-29-30-37(46(50)51)41-40(35)44-55-45-41/h24,27,29-30,36,38,48H,5-23,25-26,28,31-34H2,1-4H3,(H2-,42,43,45,49,52,53)/p+1/b27-24+/t36-,38+/m0/s1. The predicted octanol–water partition coefficient (Wildman–Crippen LogP) is 10.1. The van der Waals surface area contributed by atoms with E-state index in [9.17, 15) is 29.5 Å². The molecule has 1 aromatic heterocycles. The highest BCUT2D eigenvalue weighted by molar-refractivity contribution is 8.54. The Labute approximate surface area is 345 Å². The number of non-ortho nitro benzene ring substituents is 1. The van der Waals surface area contributed by atoms with E-state index in [0.29, 0.717) is 35.2 Å². The lowest BCUT2D eigenvalue weighted by Gasteiger charge is -2.25. The second-order valence-electron chi connectivity index (χ2n) is 16.2. The zero-order valence-corrected chi connectivity index (χ0v) is 37.0. The Hall–Kier alpha value is -2.55. The number of quaternary nitrogens is 1. The molecule has 326 valence electrons. The average Bonchev–Trinajstić information content (AvgIpc) is 3.65. The van der Waals surface area contributed by atoms with E-state index in [1.165, 1.54) is 70.3 Å². The van der Waals surface area contributed by atoms with Gasteiger partial charge in [0, 0.05) is 24.8 Å². The Bertz CT molecular complexity index is 1470. The largest absolute Gasteiger partial charge is 0.387 e. The highest BCUT2D eigenvalue weighted by Gasteiger charge is 2.27. The van der Waals surface area contributed by atoms with Crippen molar-refractivity contribution >= 4 is 46.5 Å². The Kier molecular flexibility index (Phi) is 26.3. The number of nitrogens with one attached hydrogen (secondary N) is 2. The lowest BCUT2D eigenvalue weighted by Crippen LogP contribution is -2.44. The third kappa shape index (κ3) is 24.2. The molecule has 0 aliphatic heterocycles. The first-order valence-corrected chi connectivity index (χ1v) is 24.7. The number of aliphatic hydroxyl groups is 1. The van der Waals surface area contributed by atoms with Crippen LogP contribution in [0.2, 0.25) is 0 Å². The van der Waals surface area contributed by atoms with Crippen molar-refractivity contribution < 1.29 is 37.9 Å². The number of benzene rings is 1. The number of nitrogens with zero attached hydrogens (tertiary/aromatic N) is 4. The van der Waals surface area contributed by atoms with Gasteiger partial charge in [-0.2, -0.15) is 0 Å². The van der Waals surface area contributed by atoms with E-state index in [4.69, 9.17) is 9.15 Å².